The monoisotopic (exact) mass is 337 g/mol. The van der Waals surface area contributed by atoms with Gasteiger partial charge in [0.1, 0.15) is 5.82 Å². The summed E-state index contributed by atoms with van der Waals surface area (Å²) in [5.74, 6) is 0.368. The van der Waals surface area contributed by atoms with Gasteiger partial charge in [-0.25, -0.2) is 9.78 Å². The summed E-state index contributed by atoms with van der Waals surface area (Å²) in [5.41, 5.74) is 0.186. The van der Waals surface area contributed by atoms with Gasteiger partial charge in [-0.2, -0.15) is 0 Å². The van der Waals surface area contributed by atoms with Crippen molar-refractivity contribution in [2.75, 3.05) is 6.61 Å². The molecule has 1 unspecified atom stereocenters. The maximum absolute atomic E-state index is 12.8. The summed E-state index contributed by atoms with van der Waals surface area (Å²) >= 11 is 6.14. The van der Waals surface area contributed by atoms with Crippen molar-refractivity contribution in [3.05, 3.63) is 39.4 Å². The minimum Gasteiger partial charge on any atom is -0.465 e. The second kappa shape index (κ2) is 6.17. The fraction of sp³-hybridized carbons (Fsp3) is 0.400. The number of fused-ring (bicyclic) bond motifs is 1. The van der Waals surface area contributed by atoms with Crippen LogP contribution in [0, 0.1) is 0 Å². The molecule has 7 nitrogen and oxygen atoms in total. The first-order chi connectivity index (χ1) is 11.0. The highest BCUT2D eigenvalue weighted by Gasteiger charge is 2.24. The predicted octanol–water partition coefficient (Wildman–Crippen LogP) is 2.17. The summed E-state index contributed by atoms with van der Waals surface area (Å²) in [7, 11) is 0. The molecule has 1 saturated heterocycles. The molecule has 1 aromatic carbocycles. The zero-order valence-corrected chi connectivity index (χ0v) is 13.2. The van der Waals surface area contributed by atoms with E-state index in [0.717, 1.165) is 0 Å². The molecule has 1 fully saturated rings. The predicted molar refractivity (Wildman–Crippen MR) is 84.9 cm³/mol. The van der Waals surface area contributed by atoms with Crippen LogP contribution in [-0.4, -0.2) is 33.5 Å². The van der Waals surface area contributed by atoms with Crippen LogP contribution in [0.2, 0.25) is 5.02 Å². The summed E-state index contributed by atoms with van der Waals surface area (Å²) < 4.78 is 6.66. The van der Waals surface area contributed by atoms with Gasteiger partial charge in [0, 0.05) is 6.54 Å². The number of nitrogens with zero attached hydrogens (tertiary/aromatic N) is 2. The highest BCUT2D eigenvalue weighted by atomic mass is 35.5. The number of carbonyl (C=O) groups is 1. The number of hydrogen-bond donors (Lipinski definition) is 2. The van der Waals surface area contributed by atoms with E-state index in [1.807, 2.05) is 0 Å². The molecule has 3 rings (SSSR count). The zero-order valence-electron chi connectivity index (χ0n) is 12.5. The third-order valence-electron chi connectivity index (χ3n) is 3.77. The quantitative estimate of drug-likeness (QED) is 0.815. The molecule has 8 heteroatoms. The molecular formula is C15H16ClN3O4. The van der Waals surface area contributed by atoms with Crippen LogP contribution in [-0.2, 0) is 11.3 Å². The number of hydrogen-bond acceptors (Lipinski definition) is 4. The van der Waals surface area contributed by atoms with Gasteiger partial charge in [0.25, 0.3) is 5.56 Å². The van der Waals surface area contributed by atoms with Crippen molar-refractivity contribution in [3.8, 4) is 0 Å². The molecule has 2 aromatic rings. The molecule has 1 amide bonds. The minimum atomic E-state index is -1.17. The van der Waals surface area contributed by atoms with Crippen molar-refractivity contribution in [1.29, 1.82) is 0 Å². The summed E-state index contributed by atoms with van der Waals surface area (Å²) in [6, 6.07) is 4.41. The third kappa shape index (κ3) is 3.30. The summed E-state index contributed by atoms with van der Waals surface area (Å²) in [6.07, 6.45) is -0.348. The fourth-order valence-corrected chi connectivity index (χ4v) is 2.80. The van der Waals surface area contributed by atoms with Gasteiger partial charge in [0.15, 0.2) is 0 Å². The van der Waals surface area contributed by atoms with Gasteiger partial charge in [0.05, 0.1) is 34.7 Å². The first-order valence-corrected chi connectivity index (χ1v) is 7.65. The number of halogens is 1. The van der Waals surface area contributed by atoms with Crippen molar-refractivity contribution in [2.24, 2.45) is 0 Å². The standard InChI is InChI=1S/C15H16ClN3O4/c1-8(17-15(21)22)13-18-11-4-2-3-10(16)12(11)14(20)19(13)6-5-9-7-23-9/h2-4,8-9,17H,5-7H2,1H3,(H,21,22)/t8-,9?/m0/s1. The number of epoxide rings is 1. The Hall–Kier alpha value is -2.12. The van der Waals surface area contributed by atoms with E-state index in [4.69, 9.17) is 21.4 Å². The number of carboxylic acid groups (broad SMARTS) is 1. The van der Waals surface area contributed by atoms with Crippen molar-refractivity contribution in [1.82, 2.24) is 14.9 Å². The van der Waals surface area contributed by atoms with Crippen molar-refractivity contribution in [3.63, 3.8) is 0 Å². The summed E-state index contributed by atoms with van der Waals surface area (Å²) in [4.78, 5) is 28.2. The van der Waals surface area contributed by atoms with E-state index in [1.54, 1.807) is 25.1 Å². The van der Waals surface area contributed by atoms with Crippen LogP contribution in [0.25, 0.3) is 10.9 Å². The Labute approximate surface area is 136 Å². The van der Waals surface area contributed by atoms with E-state index in [9.17, 15) is 9.59 Å². The molecule has 0 saturated carbocycles. The SMILES string of the molecule is C[C@H](NC(=O)O)c1nc2cccc(Cl)c2c(=O)n1CCC1CO1. The van der Waals surface area contributed by atoms with Gasteiger partial charge in [-0.15, -0.1) is 0 Å². The molecule has 2 heterocycles. The van der Waals surface area contributed by atoms with Crippen LogP contribution in [0.4, 0.5) is 4.79 Å². The average Bonchev–Trinajstić information content (AvgIpc) is 3.29. The Bertz CT molecular complexity index is 816. The lowest BCUT2D eigenvalue weighted by Gasteiger charge is -2.18. The van der Waals surface area contributed by atoms with Crippen LogP contribution in [0.5, 0.6) is 0 Å². The highest BCUT2D eigenvalue weighted by Crippen LogP contribution is 2.22. The molecule has 1 aliphatic heterocycles. The summed E-state index contributed by atoms with van der Waals surface area (Å²) in [5, 5.41) is 11.9. The normalized spacial score (nSPS) is 17.9. The van der Waals surface area contributed by atoms with Gasteiger partial charge in [-0.1, -0.05) is 17.7 Å². The zero-order chi connectivity index (χ0) is 16.6. The van der Waals surface area contributed by atoms with Crippen molar-refractivity contribution in [2.45, 2.75) is 32.0 Å². The minimum absolute atomic E-state index is 0.152. The Morgan fingerprint density at radius 2 is 2.35 bits per heavy atom. The van der Waals surface area contributed by atoms with E-state index in [-0.39, 0.29) is 11.7 Å². The molecule has 1 aliphatic rings. The average molecular weight is 338 g/mol. The van der Waals surface area contributed by atoms with E-state index < -0.39 is 12.1 Å². The molecule has 2 N–H and O–H groups in total. The molecule has 2 atom stereocenters. The van der Waals surface area contributed by atoms with Crippen molar-refractivity contribution >= 4 is 28.6 Å². The largest absolute Gasteiger partial charge is 0.465 e. The van der Waals surface area contributed by atoms with Crippen LogP contribution in [0.3, 0.4) is 0 Å². The lowest BCUT2D eigenvalue weighted by Crippen LogP contribution is -2.33. The van der Waals surface area contributed by atoms with Crippen LogP contribution >= 0.6 is 11.6 Å². The molecule has 0 aliphatic carbocycles. The van der Waals surface area contributed by atoms with Crippen molar-refractivity contribution < 1.29 is 14.6 Å². The smallest absolute Gasteiger partial charge is 0.405 e. The molecule has 23 heavy (non-hydrogen) atoms. The lowest BCUT2D eigenvalue weighted by atomic mass is 10.2. The summed E-state index contributed by atoms with van der Waals surface area (Å²) in [6.45, 7) is 2.74. The highest BCUT2D eigenvalue weighted by molar-refractivity contribution is 6.35. The van der Waals surface area contributed by atoms with E-state index in [0.29, 0.717) is 41.3 Å². The van der Waals surface area contributed by atoms with Gasteiger partial charge in [-0.3, -0.25) is 9.36 Å². The first-order valence-electron chi connectivity index (χ1n) is 7.27. The fourth-order valence-electron chi connectivity index (χ4n) is 2.54. The lowest BCUT2D eigenvalue weighted by molar-refractivity contribution is 0.190. The van der Waals surface area contributed by atoms with E-state index >= 15 is 0 Å². The van der Waals surface area contributed by atoms with Gasteiger partial charge in [-0.05, 0) is 25.5 Å². The van der Waals surface area contributed by atoms with Crippen LogP contribution < -0.4 is 10.9 Å². The molecule has 1 aromatic heterocycles. The molecule has 0 bridgehead atoms. The van der Waals surface area contributed by atoms with Gasteiger partial charge >= 0.3 is 6.09 Å². The van der Waals surface area contributed by atoms with E-state index in [1.165, 1.54) is 4.57 Å². The number of aromatic nitrogens is 2. The molecule has 0 spiro atoms. The molecule has 122 valence electrons. The van der Waals surface area contributed by atoms with Gasteiger partial charge in [0.2, 0.25) is 0 Å². The Kier molecular flexibility index (Phi) is 4.23. The van der Waals surface area contributed by atoms with Crippen LogP contribution in [0.15, 0.2) is 23.0 Å². The Balaban J connectivity index is 2.12. The Morgan fingerprint density at radius 1 is 1.61 bits per heavy atom. The number of rotatable bonds is 5. The number of nitrogens with one attached hydrogen (secondary N) is 1. The second-order valence-corrected chi connectivity index (χ2v) is 5.88. The Morgan fingerprint density at radius 3 is 3.00 bits per heavy atom. The number of benzene rings is 1. The molecule has 0 radical (unpaired) electrons. The number of amides is 1. The molecular weight excluding hydrogens is 322 g/mol. The van der Waals surface area contributed by atoms with Gasteiger partial charge < -0.3 is 15.2 Å². The first kappa shape index (κ1) is 15.8. The second-order valence-electron chi connectivity index (χ2n) is 5.48. The number of ether oxygens (including phenoxy) is 1. The topological polar surface area (TPSA) is 96.8 Å². The van der Waals surface area contributed by atoms with E-state index in [2.05, 4.69) is 10.3 Å². The third-order valence-corrected chi connectivity index (χ3v) is 4.08. The van der Waals surface area contributed by atoms with Crippen LogP contribution in [0.1, 0.15) is 25.2 Å². The maximum Gasteiger partial charge on any atom is 0.405 e. The maximum atomic E-state index is 12.8.